The fourth-order valence-electron chi connectivity index (χ4n) is 3.92. The van der Waals surface area contributed by atoms with Gasteiger partial charge in [-0.15, -0.1) is 11.6 Å². The Morgan fingerprint density at radius 3 is 2.74 bits per heavy atom. The van der Waals surface area contributed by atoms with E-state index in [1.54, 1.807) is 17.2 Å². The topological polar surface area (TPSA) is 57.8 Å². The van der Waals surface area contributed by atoms with Gasteiger partial charge in [-0.3, -0.25) is 4.79 Å². The molecule has 134 valence electrons. The second-order valence-electron chi connectivity index (χ2n) is 6.73. The summed E-state index contributed by atoms with van der Waals surface area (Å²) in [5, 5.41) is 12.2. The molecule has 1 aliphatic rings. The van der Waals surface area contributed by atoms with Crippen LogP contribution in [0.25, 0.3) is 16.4 Å². The summed E-state index contributed by atoms with van der Waals surface area (Å²) in [6.07, 6.45) is 3.59. The molecule has 0 radical (unpaired) electrons. The van der Waals surface area contributed by atoms with Gasteiger partial charge in [0, 0.05) is 42.2 Å². The lowest BCUT2D eigenvalue weighted by atomic mass is 9.95. The van der Waals surface area contributed by atoms with Crippen molar-refractivity contribution in [1.82, 2.24) is 9.38 Å². The van der Waals surface area contributed by atoms with Gasteiger partial charge < -0.3 is 14.4 Å². The van der Waals surface area contributed by atoms with Crippen molar-refractivity contribution in [2.75, 3.05) is 17.3 Å². The van der Waals surface area contributed by atoms with E-state index in [2.05, 4.69) is 4.98 Å². The van der Waals surface area contributed by atoms with Crippen molar-refractivity contribution in [3.8, 4) is 5.75 Å². The van der Waals surface area contributed by atoms with Gasteiger partial charge in [-0.2, -0.15) is 0 Å². The number of amides is 1. The number of phenols is 1. The molecule has 4 aromatic rings. The number of halogens is 1. The van der Waals surface area contributed by atoms with Crippen LogP contribution in [0.5, 0.6) is 5.75 Å². The van der Waals surface area contributed by atoms with E-state index in [-0.39, 0.29) is 17.6 Å². The van der Waals surface area contributed by atoms with Gasteiger partial charge in [0.15, 0.2) is 0 Å². The van der Waals surface area contributed by atoms with Crippen molar-refractivity contribution in [3.63, 3.8) is 0 Å². The number of rotatable bonds is 2. The SMILES string of the molecule is O=C(c1cn2ccccc2n1)N1C[C@@H](CCl)c2c1cc(O)c1ccccc21. The highest BCUT2D eigenvalue weighted by atomic mass is 35.5. The molecule has 6 heteroatoms. The van der Waals surface area contributed by atoms with E-state index in [0.29, 0.717) is 23.8 Å². The first-order chi connectivity index (χ1) is 13.2. The lowest BCUT2D eigenvalue weighted by Crippen LogP contribution is -2.30. The molecule has 0 saturated heterocycles. The zero-order valence-electron chi connectivity index (χ0n) is 14.3. The molecule has 5 rings (SSSR count). The van der Waals surface area contributed by atoms with Crippen LogP contribution >= 0.6 is 11.6 Å². The fourth-order valence-corrected chi connectivity index (χ4v) is 4.17. The molecule has 2 aromatic heterocycles. The van der Waals surface area contributed by atoms with Gasteiger partial charge in [-0.1, -0.05) is 30.3 Å². The molecule has 2 aromatic carbocycles. The van der Waals surface area contributed by atoms with Gasteiger partial charge in [-0.05, 0) is 23.1 Å². The second-order valence-corrected chi connectivity index (χ2v) is 7.04. The van der Waals surface area contributed by atoms with Crippen LogP contribution in [-0.4, -0.2) is 32.8 Å². The molecule has 3 heterocycles. The van der Waals surface area contributed by atoms with E-state index in [1.165, 1.54) is 0 Å². The van der Waals surface area contributed by atoms with E-state index < -0.39 is 0 Å². The molecule has 0 bridgehead atoms. The molecule has 27 heavy (non-hydrogen) atoms. The molecular weight excluding hydrogens is 362 g/mol. The van der Waals surface area contributed by atoms with Gasteiger partial charge in [-0.25, -0.2) is 4.98 Å². The average molecular weight is 378 g/mol. The molecule has 0 unspecified atom stereocenters. The third-order valence-electron chi connectivity index (χ3n) is 5.16. The zero-order valence-corrected chi connectivity index (χ0v) is 15.1. The van der Waals surface area contributed by atoms with Crippen LogP contribution in [0.15, 0.2) is 60.9 Å². The summed E-state index contributed by atoms with van der Waals surface area (Å²) in [7, 11) is 0. The first-order valence-corrected chi connectivity index (χ1v) is 9.27. The highest BCUT2D eigenvalue weighted by Crippen LogP contribution is 2.45. The maximum atomic E-state index is 13.2. The Bertz CT molecular complexity index is 1170. The van der Waals surface area contributed by atoms with E-state index in [1.807, 2.05) is 53.1 Å². The van der Waals surface area contributed by atoms with Crippen molar-refractivity contribution in [2.24, 2.45) is 0 Å². The van der Waals surface area contributed by atoms with Crippen LogP contribution in [0, 0.1) is 0 Å². The number of imidazole rings is 1. The van der Waals surface area contributed by atoms with Gasteiger partial charge >= 0.3 is 0 Å². The van der Waals surface area contributed by atoms with E-state index in [4.69, 9.17) is 11.6 Å². The molecular formula is C21H16ClN3O2. The third kappa shape index (κ3) is 2.39. The number of benzene rings is 2. The molecule has 0 fully saturated rings. The number of hydrogen-bond donors (Lipinski definition) is 1. The molecule has 1 N–H and O–H groups in total. The normalized spacial score (nSPS) is 16.2. The smallest absolute Gasteiger partial charge is 0.278 e. The van der Waals surface area contributed by atoms with Crippen molar-refractivity contribution in [1.29, 1.82) is 0 Å². The number of aromatic hydroxyl groups is 1. The Kier molecular flexibility index (Phi) is 3.58. The number of nitrogens with zero attached hydrogens (tertiary/aromatic N) is 3. The minimum atomic E-state index is -0.192. The van der Waals surface area contributed by atoms with Crippen molar-refractivity contribution in [3.05, 3.63) is 72.2 Å². The van der Waals surface area contributed by atoms with Crippen LogP contribution in [0.1, 0.15) is 22.0 Å². The molecule has 1 aliphatic heterocycles. The summed E-state index contributed by atoms with van der Waals surface area (Å²) in [6.45, 7) is 0.471. The summed E-state index contributed by atoms with van der Waals surface area (Å²) < 4.78 is 1.82. The largest absolute Gasteiger partial charge is 0.507 e. The highest BCUT2D eigenvalue weighted by Gasteiger charge is 2.35. The number of carbonyl (C=O) groups is 1. The summed E-state index contributed by atoms with van der Waals surface area (Å²) in [5.41, 5.74) is 2.81. The van der Waals surface area contributed by atoms with E-state index in [9.17, 15) is 9.90 Å². The van der Waals surface area contributed by atoms with Gasteiger partial charge in [0.05, 0.1) is 5.69 Å². The Balaban J connectivity index is 1.66. The van der Waals surface area contributed by atoms with Gasteiger partial charge in [0.1, 0.15) is 17.1 Å². The number of alkyl halides is 1. The Labute approximate surface area is 160 Å². The predicted molar refractivity (Wildman–Crippen MR) is 106 cm³/mol. The first-order valence-electron chi connectivity index (χ1n) is 8.73. The van der Waals surface area contributed by atoms with Crippen molar-refractivity contribution >= 4 is 39.6 Å². The molecule has 5 nitrogen and oxygen atoms in total. The number of fused-ring (bicyclic) bond motifs is 4. The zero-order chi connectivity index (χ0) is 18.5. The predicted octanol–water partition coefficient (Wildman–Crippen LogP) is 4.18. The third-order valence-corrected chi connectivity index (χ3v) is 5.53. The Hall–Kier alpha value is -3.05. The van der Waals surface area contributed by atoms with Gasteiger partial charge in [0.25, 0.3) is 5.91 Å². The maximum absolute atomic E-state index is 13.2. The van der Waals surface area contributed by atoms with E-state index >= 15 is 0 Å². The van der Waals surface area contributed by atoms with Crippen LogP contribution in [-0.2, 0) is 0 Å². The number of anilines is 1. The van der Waals surface area contributed by atoms with Crippen LogP contribution < -0.4 is 4.90 Å². The number of phenolic OH excluding ortho intramolecular Hbond substituents is 1. The quantitative estimate of drug-likeness (QED) is 0.533. The monoisotopic (exact) mass is 377 g/mol. The van der Waals surface area contributed by atoms with Crippen molar-refractivity contribution < 1.29 is 9.90 Å². The fraction of sp³-hybridized carbons (Fsp3) is 0.143. The number of aromatic nitrogens is 2. The summed E-state index contributed by atoms with van der Waals surface area (Å²) in [6, 6.07) is 15.0. The number of hydrogen-bond acceptors (Lipinski definition) is 3. The Morgan fingerprint density at radius 1 is 1.19 bits per heavy atom. The van der Waals surface area contributed by atoms with Gasteiger partial charge in [0.2, 0.25) is 0 Å². The first kappa shape index (κ1) is 16.1. The minimum absolute atomic E-state index is 0.00754. The lowest BCUT2D eigenvalue weighted by molar-refractivity contribution is 0.0984. The van der Waals surface area contributed by atoms with Crippen molar-refractivity contribution in [2.45, 2.75) is 5.92 Å². The van der Waals surface area contributed by atoms with Crippen LogP contribution in [0.3, 0.4) is 0 Å². The highest BCUT2D eigenvalue weighted by molar-refractivity contribution is 6.19. The second kappa shape index (κ2) is 5.99. The Morgan fingerprint density at radius 2 is 1.96 bits per heavy atom. The summed E-state index contributed by atoms with van der Waals surface area (Å²) >= 11 is 6.24. The molecule has 1 amide bonds. The molecule has 1 atom stereocenters. The molecule has 0 spiro atoms. The number of carbonyl (C=O) groups excluding carboxylic acids is 1. The molecule has 0 saturated carbocycles. The standard InChI is InChI=1S/C21H16ClN3O2/c22-10-13-11-25(21(27)16-12-24-8-4-3-7-19(24)23-16)17-9-18(26)14-5-1-2-6-15(14)20(13)17/h1-9,12-13,26H,10-11H2/t13-/m1/s1. The molecule has 0 aliphatic carbocycles. The summed E-state index contributed by atoms with van der Waals surface area (Å²) in [4.78, 5) is 19.3. The number of pyridine rings is 1. The van der Waals surface area contributed by atoms with E-state index in [0.717, 1.165) is 22.0 Å². The van der Waals surface area contributed by atoms with Crippen LogP contribution in [0.2, 0.25) is 0 Å². The van der Waals surface area contributed by atoms with Crippen LogP contribution in [0.4, 0.5) is 5.69 Å². The summed E-state index contributed by atoms with van der Waals surface area (Å²) in [5.74, 6) is 0.374. The minimum Gasteiger partial charge on any atom is -0.507 e. The lowest BCUT2D eigenvalue weighted by Gasteiger charge is -2.17. The average Bonchev–Trinajstić information content (AvgIpc) is 3.29. The maximum Gasteiger partial charge on any atom is 0.278 e.